The number of amides is 1. The van der Waals surface area contributed by atoms with Gasteiger partial charge < -0.3 is 9.64 Å². The summed E-state index contributed by atoms with van der Waals surface area (Å²) in [5, 5.41) is 0.711. The van der Waals surface area contributed by atoms with Gasteiger partial charge in [-0.2, -0.15) is 0 Å². The minimum atomic E-state index is -0.363. The van der Waals surface area contributed by atoms with Crippen molar-refractivity contribution in [2.75, 3.05) is 13.7 Å². The first-order valence-corrected chi connectivity index (χ1v) is 11.0. The van der Waals surface area contributed by atoms with Gasteiger partial charge in [-0.1, -0.05) is 27.7 Å². The van der Waals surface area contributed by atoms with Crippen molar-refractivity contribution < 1.29 is 9.53 Å². The lowest BCUT2D eigenvalue weighted by molar-refractivity contribution is -0.133. The van der Waals surface area contributed by atoms with Gasteiger partial charge in [0.1, 0.15) is 0 Å². The Morgan fingerprint density at radius 2 is 1.89 bits per heavy atom. The zero-order valence-electron chi connectivity index (χ0n) is 17.2. The fourth-order valence-electron chi connectivity index (χ4n) is 3.17. The molecule has 1 aromatic heterocycles. The molecule has 0 aliphatic heterocycles. The van der Waals surface area contributed by atoms with Gasteiger partial charge in [0.05, 0.1) is 29.3 Å². The van der Waals surface area contributed by atoms with Gasteiger partial charge in [0.25, 0.3) is 5.56 Å². The fourth-order valence-corrected chi connectivity index (χ4v) is 4.52. The molecule has 0 aliphatic rings. The highest BCUT2D eigenvalue weighted by atomic mass is 79.9. The number of thioether (sulfide) groups is 1. The van der Waals surface area contributed by atoms with Crippen molar-refractivity contribution in [1.82, 2.24) is 14.5 Å². The Labute approximate surface area is 178 Å². The molecule has 0 N–H and O–H groups in total. The van der Waals surface area contributed by atoms with Crippen LogP contribution in [0.4, 0.5) is 0 Å². The zero-order chi connectivity index (χ0) is 21.0. The molecule has 1 amide bonds. The molecule has 1 heterocycles. The van der Waals surface area contributed by atoms with Crippen molar-refractivity contribution in [3.05, 3.63) is 33.0 Å². The summed E-state index contributed by atoms with van der Waals surface area (Å²) < 4.78 is 7.59. The first-order valence-electron chi connectivity index (χ1n) is 9.35. The van der Waals surface area contributed by atoms with Gasteiger partial charge in [0.15, 0.2) is 5.16 Å². The molecule has 0 saturated carbocycles. The Morgan fingerprint density at radius 1 is 1.25 bits per heavy atom. The average Bonchev–Trinajstić information content (AvgIpc) is 2.61. The van der Waals surface area contributed by atoms with E-state index in [0.717, 1.165) is 4.47 Å². The SMILES string of the molecule is COCCn1c(SC(C)C(=O)N(C(C)C)C(C)C)nc2ccc(Br)cc2c1=O. The van der Waals surface area contributed by atoms with Crippen molar-refractivity contribution in [2.45, 2.75) is 63.7 Å². The maximum absolute atomic E-state index is 13.0. The van der Waals surface area contributed by atoms with Crippen LogP contribution in [0.15, 0.2) is 32.6 Å². The number of carbonyl (C=O) groups is 1. The van der Waals surface area contributed by atoms with E-state index in [9.17, 15) is 9.59 Å². The van der Waals surface area contributed by atoms with Crippen molar-refractivity contribution in [1.29, 1.82) is 0 Å². The lowest BCUT2D eigenvalue weighted by Crippen LogP contribution is -2.45. The minimum absolute atomic E-state index is 0.0402. The van der Waals surface area contributed by atoms with Gasteiger partial charge in [-0.3, -0.25) is 14.2 Å². The van der Waals surface area contributed by atoms with E-state index in [4.69, 9.17) is 4.74 Å². The molecule has 154 valence electrons. The number of halogens is 1. The molecule has 2 aromatic rings. The van der Waals surface area contributed by atoms with Crippen LogP contribution < -0.4 is 5.56 Å². The summed E-state index contributed by atoms with van der Waals surface area (Å²) in [7, 11) is 1.60. The molecular weight excluding hydrogens is 442 g/mol. The van der Waals surface area contributed by atoms with E-state index in [1.54, 1.807) is 17.7 Å². The Kier molecular flexibility index (Phi) is 8.09. The van der Waals surface area contributed by atoms with Gasteiger partial charge >= 0.3 is 0 Å². The first kappa shape index (κ1) is 22.9. The molecule has 8 heteroatoms. The first-order chi connectivity index (χ1) is 13.2. The number of carbonyl (C=O) groups excluding carboxylic acids is 1. The standard InChI is InChI=1S/C20H28BrN3O3S/c1-12(2)24(13(3)4)18(25)14(5)28-20-22-17-8-7-15(21)11-16(17)19(26)23(20)9-10-27-6/h7-8,11-14H,9-10H2,1-6H3. The molecule has 2 rings (SSSR count). The van der Waals surface area contributed by atoms with Crippen LogP contribution in [0.3, 0.4) is 0 Å². The Balaban J connectivity index is 2.45. The van der Waals surface area contributed by atoms with Gasteiger partial charge in [-0.05, 0) is 52.8 Å². The fraction of sp³-hybridized carbons (Fsp3) is 0.550. The number of aromatic nitrogens is 2. The van der Waals surface area contributed by atoms with Crippen LogP contribution in [0.2, 0.25) is 0 Å². The average molecular weight is 470 g/mol. The molecule has 6 nitrogen and oxygen atoms in total. The van der Waals surface area contributed by atoms with Crippen LogP contribution in [0, 0.1) is 0 Å². The van der Waals surface area contributed by atoms with Crippen LogP contribution >= 0.6 is 27.7 Å². The Hall–Kier alpha value is -1.38. The number of ether oxygens (including phenoxy) is 1. The smallest absolute Gasteiger partial charge is 0.262 e. The summed E-state index contributed by atoms with van der Waals surface area (Å²) in [5.41, 5.74) is 0.490. The molecule has 0 bridgehead atoms. The van der Waals surface area contributed by atoms with E-state index in [1.165, 1.54) is 11.8 Å². The summed E-state index contributed by atoms with van der Waals surface area (Å²) in [5.74, 6) is 0.0402. The molecule has 0 radical (unpaired) electrons. The van der Waals surface area contributed by atoms with Crippen molar-refractivity contribution in [2.24, 2.45) is 0 Å². The van der Waals surface area contributed by atoms with Gasteiger partial charge in [-0.15, -0.1) is 0 Å². The molecular formula is C20H28BrN3O3S. The van der Waals surface area contributed by atoms with Gasteiger partial charge in [0, 0.05) is 23.7 Å². The third-order valence-corrected chi connectivity index (χ3v) is 5.97. The lowest BCUT2D eigenvalue weighted by Gasteiger charge is -2.33. The number of fused-ring (bicyclic) bond motifs is 1. The van der Waals surface area contributed by atoms with Crippen LogP contribution in [0.25, 0.3) is 10.9 Å². The lowest BCUT2D eigenvalue weighted by atomic mass is 10.2. The van der Waals surface area contributed by atoms with Crippen LogP contribution in [0.1, 0.15) is 34.6 Å². The van der Waals surface area contributed by atoms with Crippen molar-refractivity contribution in [3.63, 3.8) is 0 Å². The number of benzene rings is 1. The summed E-state index contributed by atoms with van der Waals surface area (Å²) in [6, 6.07) is 5.65. The molecule has 28 heavy (non-hydrogen) atoms. The second kappa shape index (κ2) is 9.89. The molecule has 1 atom stereocenters. The summed E-state index contributed by atoms with van der Waals surface area (Å²) >= 11 is 4.73. The zero-order valence-corrected chi connectivity index (χ0v) is 19.6. The maximum atomic E-state index is 13.0. The number of methoxy groups -OCH3 is 1. The molecule has 1 unspecified atom stereocenters. The van der Waals surface area contributed by atoms with Crippen LogP contribution in [0.5, 0.6) is 0 Å². The monoisotopic (exact) mass is 469 g/mol. The minimum Gasteiger partial charge on any atom is -0.383 e. The number of nitrogens with zero attached hydrogens (tertiary/aromatic N) is 3. The molecule has 0 spiro atoms. The number of hydrogen-bond donors (Lipinski definition) is 0. The second-order valence-corrected chi connectivity index (χ2v) is 9.42. The third kappa shape index (κ3) is 5.15. The molecule has 1 aromatic carbocycles. The van der Waals surface area contributed by atoms with E-state index in [1.807, 2.05) is 51.7 Å². The highest BCUT2D eigenvalue weighted by molar-refractivity contribution is 9.10. The van der Waals surface area contributed by atoms with Gasteiger partial charge in [0.2, 0.25) is 5.91 Å². The largest absolute Gasteiger partial charge is 0.383 e. The van der Waals surface area contributed by atoms with E-state index in [2.05, 4.69) is 20.9 Å². The number of rotatable bonds is 8. The van der Waals surface area contributed by atoms with Gasteiger partial charge in [-0.25, -0.2) is 4.98 Å². The summed E-state index contributed by atoms with van der Waals surface area (Å²) in [6.45, 7) is 10.7. The van der Waals surface area contributed by atoms with E-state index in [0.29, 0.717) is 29.2 Å². The van der Waals surface area contributed by atoms with Crippen LogP contribution in [-0.4, -0.2) is 51.4 Å². The van der Waals surface area contributed by atoms with Crippen molar-refractivity contribution in [3.8, 4) is 0 Å². The normalized spacial score (nSPS) is 12.8. The topological polar surface area (TPSA) is 64.4 Å². The third-order valence-electron chi connectivity index (χ3n) is 4.40. The highest BCUT2D eigenvalue weighted by Gasteiger charge is 2.27. The Morgan fingerprint density at radius 3 is 2.46 bits per heavy atom. The predicted molar refractivity (Wildman–Crippen MR) is 118 cm³/mol. The molecule has 0 fully saturated rings. The number of hydrogen-bond acceptors (Lipinski definition) is 5. The highest BCUT2D eigenvalue weighted by Crippen LogP contribution is 2.26. The predicted octanol–water partition coefficient (Wildman–Crippen LogP) is 3.93. The van der Waals surface area contributed by atoms with Crippen molar-refractivity contribution >= 4 is 44.5 Å². The van der Waals surface area contributed by atoms with E-state index in [-0.39, 0.29) is 28.8 Å². The quantitative estimate of drug-likeness (QED) is 0.432. The summed E-state index contributed by atoms with van der Waals surface area (Å²) in [6.07, 6.45) is 0. The van der Waals surface area contributed by atoms with E-state index < -0.39 is 0 Å². The molecule has 0 aliphatic carbocycles. The van der Waals surface area contributed by atoms with E-state index >= 15 is 0 Å². The Bertz CT molecular complexity index is 890. The molecule has 0 saturated heterocycles. The maximum Gasteiger partial charge on any atom is 0.262 e. The second-order valence-electron chi connectivity index (χ2n) is 7.20. The van der Waals surface area contributed by atoms with Crippen LogP contribution in [-0.2, 0) is 16.1 Å². The summed E-state index contributed by atoms with van der Waals surface area (Å²) in [4.78, 5) is 32.6.